The second-order valence-electron chi connectivity index (χ2n) is 5.87. The molecule has 2 aromatic heterocycles. The maximum atomic E-state index is 4.55. The fraction of sp³-hybridized carbons (Fsp3) is 0.158. The van der Waals surface area contributed by atoms with Crippen LogP contribution in [-0.4, -0.2) is 24.4 Å². The van der Waals surface area contributed by atoms with Crippen molar-refractivity contribution >= 4 is 22.4 Å². The van der Waals surface area contributed by atoms with E-state index in [0.29, 0.717) is 11.5 Å². The molecule has 4 aromatic rings. The number of nitrogens with zero attached hydrogens (tertiary/aromatic N) is 5. The highest BCUT2D eigenvalue weighted by atomic mass is 32.1. The van der Waals surface area contributed by atoms with Gasteiger partial charge in [-0.1, -0.05) is 42.5 Å². The first-order valence-corrected chi connectivity index (χ1v) is 9.19. The Bertz CT molecular complexity index is 1000. The molecule has 0 radical (unpaired) electrons. The first kappa shape index (κ1) is 16.4. The number of nitrogens with one attached hydrogen (secondary N) is 1. The van der Waals surface area contributed by atoms with Gasteiger partial charge in [-0.05, 0) is 43.2 Å². The molecule has 0 fully saturated rings. The Morgan fingerprint density at radius 2 is 1.81 bits per heavy atom. The van der Waals surface area contributed by atoms with Crippen molar-refractivity contribution in [2.75, 3.05) is 5.32 Å². The first-order valence-electron chi connectivity index (χ1n) is 8.42. The van der Waals surface area contributed by atoms with Crippen LogP contribution in [0.2, 0.25) is 0 Å². The number of aromatic nitrogens is 5. The molecular formula is C19H18N6S. The van der Waals surface area contributed by atoms with Crippen LogP contribution in [0.1, 0.15) is 18.2 Å². The van der Waals surface area contributed by atoms with Crippen LogP contribution in [0, 0.1) is 6.92 Å². The van der Waals surface area contributed by atoms with Gasteiger partial charge in [0.25, 0.3) is 0 Å². The van der Waals surface area contributed by atoms with Gasteiger partial charge >= 0.3 is 0 Å². The largest absolute Gasteiger partial charge is 0.330 e. The van der Waals surface area contributed by atoms with Crippen LogP contribution in [-0.2, 0) is 6.42 Å². The highest BCUT2D eigenvalue weighted by molar-refractivity contribution is 7.09. The lowest BCUT2D eigenvalue weighted by atomic mass is 10.1. The average molecular weight is 362 g/mol. The maximum absolute atomic E-state index is 4.55. The molecule has 0 amide bonds. The van der Waals surface area contributed by atoms with Crippen LogP contribution in [0.25, 0.3) is 17.2 Å². The number of anilines is 2. The SMILES string of the molecule is CCc1ccc(-n2nnc(-c3nsc(Nc4ccccc4)n3)c2C)cc1. The summed E-state index contributed by atoms with van der Waals surface area (Å²) in [5.74, 6) is 0.586. The van der Waals surface area contributed by atoms with Gasteiger partial charge in [0.05, 0.1) is 11.4 Å². The molecule has 0 saturated heterocycles. The standard InChI is InChI=1S/C19H18N6S/c1-3-14-9-11-16(12-10-14)25-13(2)17(22-24-25)18-21-19(26-23-18)20-15-7-5-4-6-8-15/h4-12H,3H2,1-2H3,(H,20,21,23). The smallest absolute Gasteiger partial charge is 0.207 e. The van der Waals surface area contributed by atoms with Gasteiger partial charge < -0.3 is 5.32 Å². The Balaban J connectivity index is 1.60. The molecule has 2 aromatic carbocycles. The van der Waals surface area contributed by atoms with Crippen molar-refractivity contribution in [1.82, 2.24) is 24.4 Å². The lowest BCUT2D eigenvalue weighted by molar-refractivity contribution is 0.784. The quantitative estimate of drug-likeness (QED) is 0.570. The van der Waals surface area contributed by atoms with Crippen molar-refractivity contribution in [3.8, 4) is 17.2 Å². The summed E-state index contributed by atoms with van der Waals surface area (Å²) in [5.41, 5.74) is 4.87. The van der Waals surface area contributed by atoms with Crippen LogP contribution in [0.3, 0.4) is 0 Å². The third-order valence-electron chi connectivity index (χ3n) is 4.15. The van der Waals surface area contributed by atoms with Gasteiger partial charge in [-0.25, -0.2) is 4.68 Å². The summed E-state index contributed by atoms with van der Waals surface area (Å²) in [6.07, 6.45) is 1.02. The van der Waals surface area contributed by atoms with E-state index in [1.807, 2.05) is 41.9 Å². The number of hydrogen-bond donors (Lipinski definition) is 1. The van der Waals surface area contributed by atoms with Crippen molar-refractivity contribution in [2.45, 2.75) is 20.3 Å². The normalized spacial score (nSPS) is 10.8. The number of hydrogen-bond acceptors (Lipinski definition) is 6. The van der Waals surface area contributed by atoms with E-state index < -0.39 is 0 Å². The van der Waals surface area contributed by atoms with Crippen LogP contribution in [0.15, 0.2) is 54.6 Å². The number of aryl methyl sites for hydroxylation is 1. The zero-order chi connectivity index (χ0) is 17.9. The second-order valence-corrected chi connectivity index (χ2v) is 6.62. The molecule has 0 aliphatic carbocycles. The molecule has 0 bridgehead atoms. The van der Waals surface area contributed by atoms with E-state index in [1.165, 1.54) is 17.1 Å². The van der Waals surface area contributed by atoms with Gasteiger partial charge in [0.15, 0.2) is 11.5 Å². The molecule has 1 N–H and O–H groups in total. The Morgan fingerprint density at radius 1 is 1.04 bits per heavy atom. The van der Waals surface area contributed by atoms with E-state index >= 15 is 0 Å². The fourth-order valence-corrected chi connectivity index (χ4v) is 3.26. The van der Waals surface area contributed by atoms with Gasteiger partial charge in [-0.15, -0.1) is 5.10 Å². The minimum absolute atomic E-state index is 0.586. The van der Waals surface area contributed by atoms with E-state index in [2.05, 4.69) is 56.2 Å². The summed E-state index contributed by atoms with van der Waals surface area (Å²) >= 11 is 1.31. The van der Waals surface area contributed by atoms with Crippen molar-refractivity contribution in [1.29, 1.82) is 0 Å². The number of para-hydroxylation sites is 1. The Morgan fingerprint density at radius 3 is 2.54 bits per heavy atom. The van der Waals surface area contributed by atoms with Crippen LogP contribution < -0.4 is 5.32 Å². The van der Waals surface area contributed by atoms with E-state index in [-0.39, 0.29) is 0 Å². The van der Waals surface area contributed by atoms with Crippen molar-refractivity contribution < 1.29 is 0 Å². The zero-order valence-corrected chi connectivity index (χ0v) is 15.4. The zero-order valence-electron chi connectivity index (χ0n) is 14.5. The minimum Gasteiger partial charge on any atom is -0.330 e. The Hall–Kier alpha value is -3.06. The molecule has 0 aliphatic heterocycles. The molecule has 6 nitrogen and oxygen atoms in total. The molecule has 7 heteroatoms. The maximum Gasteiger partial charge on any atom is 0.207 e. The highest BCUT2D eigenvalue weighted by Gasteiger charge is 2.16. The predicted octanol–water partition coefficient (Wildman–Crippen LogP) is 4.40. The molecule has 0 aliphatic rings. The van der Waals surface area contributed by atoms with Gasteiger partial charge in [0.2, 0.25) is 5.13 Å². The molecular weight excluding hydrogens is 344 g/mol. The third-order valence-corrected chi connectivity index (χ3v) is 4.78. The highest BCUT2D eigenvalue weighted by Crippen LogP contribution is 2.25. The summed E-state index contributed by atoms with van der Waals surface area (Å²) in [7, 11) is 0. The molecule has 0 unspecified atom stereocenters. The molecule has 0 spiro atoms. The van der Waals surface area contributed by atoms with Gasteiger partial charge in [0.1, 0.15) is 0 Å². The molecule has 2 heterocycles. The topological polar surface area (TPSA) is 68.5 Å². The fourth-order valence-electron chi connectivity index (χ4n) is 2.67. The second kappa shape index (κ2) is 7.05. The predicted molar refractivity (Wildman–Crippen MR) is 104 cm³/mol. The monoisotopic (exact) mass is 362 g/mol. The van der Waals surface area contributed by atoms with Crippen molar-refractivity contribution in [3.05, 3.63) is 65.9 Å². The molecule has 0 atom stereocenters. The summed E-state index contributed by atoms with van der Waals surface area (Å²) in [6, 6.07) is 18.2. The molecule has 4 rings (SSSR count). The lowest BCUT2D eigenvalue weighted by Crippen LogP contribution is -1.99. The van der Waals surface area contributed by atoms with Gasteiger partial charge in [-0.2, -0.15) is 9.36 Å². The lowest BCUT2D eigenvalue weighted by Gasteiger charge is -2.04. The van der Waals surface area contributed by atoms with Crippen LogP contribution in [0.4, 0.5) is 10.8 Å². The Labute approximate surface area is 155 Å². The van der Waals surface area contributed by atoms with Gasteiger partial charge in [0, 0.05) is 17.2 Å². The van der Waals surface area contributed by atoms with Crippen LogP contribution in [0.5, 0.6) is 0 Å². The van der Waals surface area contributed by atoms with Crippen molar-refractivity contribution in [3.63, 3.8) is 0 Å². The minimum atomic E-state index is 0.586. The third kappa shape index (κ3) is 3.21. The first-order chi connectivity index (χ1) is 12.7. The summed E-state index contributed by atoms with van der Waals surface area (Å²) in [6.45, 7) is 4.12. The van der Waals surface area contributed by atoms with Crippen molar-refractivity contribution in [2.24, 2.45) is 0 Å². The average Bonchev–Trinajstić information content (AvgIpc) is 3.29. The summed E-state index contributed by atoms with van der Waals surface area (Å²) in [4.78, 5) is 4.55. The van der Waals surface area contributed by atoms with E-state index in [4.69, 9.17) is 0 Å². The molecule has 130 valence electrons. The number of benzene rings is 2. The van der Waals surface area contributed by atoms with E-state index in [0.717, 1.165) is 28.6 Å². The van der Waals surface area contributed by atoms with E-state index in [1.54, 1.807) is 0 Å². The van der Waals surface area contributed by atoms with Crippen LogP contribution >= 0.6 is 11.5 Å². The van der Waals surface area contributed by atoms with E-state index in [9.17, 15) is 0 Å². The van der Waals surface area contributed by atoms with Gasteiger partial charge in [-0.3, -0.25) is 0 Å². The summed E-state index contributed by atoms with van der Waals surface area (Å²) < 4.78 is 6.25. The molecule has 0 saturated carbocycles. The Kier molecular flexibility index (Phi) is 4.45. The summed E-state index contributed by atoms with van der Waals surface area (Å²) in [5, 5.41) is 12.6. The number of rotatable bonds is 5. The molecule has 26 heavy (non-hydrogen) atoms.